The maximum absolute atomic E-state index is 15.5. The molecule has 1 aliphatic rings. The molecule has 146 valence electrons. The molecule has 3 aromatic rings. The molecule has 0 radical (unpaired) electrons. The number of pyridine rings is 1. The first-order valence-electron chi connectivity index (χ1n) is 9.50. The molecule has 2 heterocycles. The highest BCUT2D eigenvalue weighted by molar-refractivity contribution is 5.64. The normalized spacial score (nSPS) is 13.4. The lowest BCUT2D eigenvalue weighted by atomic mass is 9.79. The SMILES string of the molecule is CNc1cnc(-c2ccc(C3CCC3)c(OCc3ncccc3C#N)c2F)cn1. The second-order valence-electron chi connectivity index (χ2n) is 6.91. The Hall–Kier alpha value is -3.53. The van der Waals surface area contributed by atoms with Crippen molar-refractivity contribution >= 4 is 5.82 Å². The topological polar surface area (TPSA) is 83.7 Å². The molecule has 1 aliphatic carbocycles. The highest BCUT2D eigenvalue weighted by Gasteiger charge is 2.27. The summed E-state index contributed by atoms with van der Waals surface area (Å²) >= 11 is 0. The van der Waals surface area contributed by atoms with E-state index >= 15 is 4.39 Å². The summed E-state index contributed by atoms with van der Waals surface area (Å²) in [7, 11) is 1.75. The Morgan fingerprint density at radius 1 is 1.21 bits per heavy atom. The van der Waals surface area contributed by atoms with Crippen LogP contribution < -0.4 is 10.1 Å². The van der Waals surface area contributed by atoms with Gasteiger partial charge in [0.2, 0.25) is 0 Å². The number of ether oxygens (including phenoxy) is 1. The maximum Gasteiger partial charge on any atom is 0.174 e. The average molecular weight is 389 g/mol. The maximum atomic E-state index is 15.5. The van der Waals surface area contributed by atoms with Gasteiger partial charge in [0.25, 0.3) is 0 Å². The van der Waals surface area contributed by atoms with E-state index in [2.05, 4.69) is 26.3 Å². The predicted molar refractivity (Wildman–Crippen MR) is 107 cm³/mol. The molecule has 1 aromatic carbocycles. The van der Waals surface area contributed by atoms with Gasteiger partial charge in [0.05, 0.1) is 29.3 Å². The molecule has 7 heteroatoms. The number of hydrogen-bond acceptors (Lipinski definition) is 6. The van der Waals surface area contributed by atoms with E-state index in [1.165, 1.54) is 6.20 Å². The first kappa shape index (κ1) is 18.8. The summed E-state index contributed by atoms with van der Waals surface area (Å²) in [5, 5.41) is 12.2. The molecular weight excluding hydrogens is 369 g/mol. The number of halogens is 1. The van der Waals surface area contributed by atoms with Crippen molar-refractivity contribution in [2.45, 2.75) is 31.8 Å². The Morgan fingerprint density at radius 3 is 2.72 bits per heavy atom. The Bertz CT molecular complexity index is 1060. The van der Waals surface area contributed by atoms with Crippen LogP contribution in [0.25, 0.3) is 11.3 Å². The van der Waals surface area contributed by atoms with E-state index in [1.54, 1.807) is 37.6 Å². The Balaban J connectivity index is 1.70. The molecule has 0 saturated heterocycles. The van der Waals surface area contributed by atoms with Gasteiger partial charge in [-0.3, -0.25) is 9.97 Å². The third-order valence-corrected chi connectivity index (χ3v) is 5.22. The summed E-state index contributed by atoms with van der Waals surface area (Å²) in [6.45, 7) is 0.0220. The lowest BCUT2D eigenvalue weighted by Crippen LogP contribution is -2.13. The summed E-state index contributed by atoms with van der Waals surface area (Å²) in [5.41, 5.74) is 2.52. The van der Waals surface area contributed by atoms with Gasteiger partial charge in [-0.25, -0.2) is 9.37 Å². The number of hydrogen-bond donors (Lipinski definition) is 1. The van der Waals surface area contributed by atoms with Gasteiger partial charge in [0, 0.05) is 24.4 Å². The van der Waals surface area contributed by atoms with Crippen LogP contribution in [0, 0.1) is 17.1 Å². The fraction of sp³-hybridized carbons (Fsp3) is 0.273. The Morgan fingerprint density at radius 2 is 2.07 bits per heavy atom. The number of benzene rings is 1. The molecule has 1 N–H and O–H groups in total. The fourth-order valence-electron chi connectivity index (χ4n) is 3.35. The molecular formula is C22H20FN5O. The van der Waals surface area contributed by atoms with E-state index in [4.69, 9.17) is 4.74 Å². The molecule has 0 aliphatic heterocycles. The van der Waals surface area contributed by atoms with Gasteiger partial charge in [-0.15, -0.1) is 0 Å². The molecule has 2 aromatic heterocycles. The van der Waals surface area contributed by atoms with Crippen LogP contribution in [0.4, 0.5) is 10.2 Å². The van der Waals surface area contributed by atoms with E-state index in [0.29, 0.717) is 28.3 Å². The van der Waals surface area contributed by atoms with E-state index < -0.39 is 5.82 Å². The quantitative estimate of drug-likeness (QED) is 0.671. The third-order valence-electron chi connectivity index (χ3n) is 5.22. The van der Waals surface area contributed by atoms with Gasteiger partial charge >= 0.3 is 0 Å². The van der Waals surface area contributed by atoms with Crippen LogP contribution >= 0.6 is 0 Å². The number of nitrogens with zero attached hydrogens (tertiary/aromatic N) is 4. The molecule has 0 unspecified atom stereocenters. The lowest BCUT2D eigenvalue weighted by molar-refractivity contribution is 0.274. The van der Waals surface area contributed by atoms with E-state index in [1.807, 2.05) is 6.07 Å². The first-order valence-corrected chi connectivity index (χ1v) is 9.50. The summed E-state index contributed by atoms with van der Waals surface area (Å²) in [6.07, 6.45) is 7.84. The van der Waals surface area contributed by atoms with Gasteiger partial charge in [-0.2, -0.15) is 5.26 Å². The minimum Gasteiger partial charge on any atom is -0.484 e. The molecule has 6 nitrogen and oxygen atoms in total. The molecule has 1 saturated carbocycles. The van der Waals surface area contributed by atoms with E-state index in [0.717, 1.165) is 24.8 Å². The fourth-order valence-corrected chi connectivity index (χ4v) is 3.35. The van der Waals surface area contributed by atoms with Crippen molar-refractivity contribution in [1.29, 1.82) is 5.26 Å². The van der Waals surface area contributed by atoms with Crippen LogP contribution in [0.3, 0.4) is 0 Å². The second-order valence-corrected chi connectivity index (χ2v) is 6.91. The number of nitriles is 1. The summed E-state index contributed by atoms with van der Waals surface area (Å²) in [4.78, 5) is 12.7. The van der Waals surface area contributed by atoms with Crippen molar-refractivity contribution in [3.63, 3.8) is 0 Å². The van der Waals surface area contributed by atoms with Crippen molar-refractivity contribution in [2.24, 2.45) is 0 Å². The molecule has 0 bridgehead atoms. The van der Waals surface area contributed by atoms with Crippen LogP contribution in [0.5, 0.6) is 5.75 Å². The minimum absolute atomic E-state index is 0.0220. The molecule has 0 atom stereocenters. The van der Waals surface area contributed by atoms with E-state index in [-0.39, 0.29) is 18.3 Å². The standard InChI is InChI=1S/C22H20FN5O/c1-25-20-12-27-18(11-28-20)17-8-7-16(14-4-2-5-14)22(21(17)23)29-13-19-15(10-24)6-3-9-26-19/h3,6-9,11-12,14H,2,4-5,13H2,1H3,(H,25,28). The molecule has 29 heavy (non-hydrogen) atoms. The lowest BCUT2D eigenvalue weighted by Gasteiger charge is -2.28. The zero-order valence-electron chi connectivity index (χ0n) is 16.0. The highest BCUT2D eigenvalue weighted by Crippen LogP contribution is 2.44. The van der Waals surface area contributed by atoms with Gasteiger partial charge in [-0.1, -0.05) is 12.5 Å². The van der Waals surface area contributed by atoms with Crippen LogP contribution in [0.2, 0.25) is 0 Å². The zero-order chi connectivity index (χ0) is 20.2. The third kappa shape index (κ3) is 3.74. The van der Waals surface area contributed by atoms with Gasteiger partial charge < -0.3 is 10.1 Å². The smallest absolute Gasteiger partial charge is 0.174 e. The Kier molecular flexibility index (Phi) is 5.34. The summed E-state index contributed by atoms with van der Waals surface area (Å²) in [5.74, 6) is 0.637. The minimum atomic E-state index is -0.463. The monoisotopic (exact) mass is 389 g/mol. The van der Waals surface area contributed by atoms with Crippen LogP contribution in [0.1, 0.15) is 42.0 Å². The highest BCUT2D eigenvalue weighted by atomic mass is 19.1. The number of anilines is 1. The van der Waals surface area contributed by atoms with Crippen LogP contribution in [-0.4, -0.2) is 22.0 Å². The van der Waals surface area contributed by atoms with Gasteiger partial charge in [-0.05, 0) is 37.0 Å². The number of nitrogens with one attached hydrogen (secondary N) is 1. The van der Waals surface area contributed by atoms with Crippen molar-refractivity contribution in [3.05, 3.63) is 65.5 Å². The average Bonchev–Trinajstić information content (AvgIpc) is 2.72. The van der Waals surface area contributed by atoms with Crippen LogP contribution in [0.15, 0.2) is 42.9 Å². The van der Waals surface area contributed by atoms with Gasteiger partial charge in [0.1, 0.15) is 18.5 Å². The molecule has 0 amide bonds. The van der Waals surface area contributed by atoms with Crippen molar-refractivity contribution in [2.75, 3.05) is 12.4 Å². The molecule has 1 fully saturated rings. The Labute approximate surface area is 168 Å². The molecule has 0 spiro atoms. The number of aromatic nitrogens is 3. The summed E-state index contributed by atoms with van der Waals surface area (Å²) < 4.78 is 21.4. The van der Waals surface area contributed by atoms with Crippen molar-refractivity contribution < 1.29 is 9.13 Å². The van der Waals surface area contributed by atoms with Crippen molar-refractivity contribution in [1.82, 2.24) is 15.0 Å². The van der Waals surface area contributed by atoms with Crippen LogP contribution in [-0.2, 0) is 6.61 Å². The summed E-state index contributed by atoms with van der Waals surface area (Å²) in [6, 6.07) is 9.10. The van der Waals surface area contributed by atoms with Gasteiger partial charge in [0.15, 0.2) is 11.6 Å². The first-order chi connectivity index (χ1) is 14.2. The number of rotatable bonds is 6. The van der Waals surface area contributed by atoms with Crippen molar-refractivity contribution in [3.8, 4) is 23.1 Å². The predicted octanol–water partition coefficient (Wildman–Crippen LogP) is 4.44. The van der Waals surface area contributed by atoms with E-state index in [9.17, 15) is 5.26 Å². The molecule has 4 rings (SSSR count). The zero-order valence-corrected chi connectivity index (χ0v) is 16.0. The second kappa shape index (κ2) is 8.23. The largest absolute Gasteiger partial charge is 0.484 e.